The SMILES string of the molecule is CC1(C(=O)O)OC2N=C(N)NC13C(O)C(O)C(O)(CO)C(O)C23. The van der Waals surface area contributed by atoms with Gasteiger partial charge in [-0.05, 0) is 6.92 Å². The van der Waals surface area contributed by atoms with Crippen molar-refractivity contribution in [2.75, 3.05) is 6.61 Å². The van der Waals surface area contributed by atoms with Crippen LogP contribution < -0.4 is 11.1 Å². The maximum atomic E-state index is 11.8. The lowest BCUT2D eigenvalue weighted by atomic mass is 9.57. The Bertz CT molecular complexity index is 587. The molecule has 3 rings (SSSR count). The Labute approximate surface area is 130 Å². The van der Waals surface area contributed by atoms with E-state index in [4.69, 9.17) is 10.5 Å². The number of aliphatic hydroxyl groups excluding tert-OH is 4. The number of hydrogen-bond acceptors (Lipinski definition) is 10. The molecule has 2 bridgehead atoms. The van der Waals surface area contributed by atoms with Crippen molar-refractivity contribution in [1.82, 2.24) is 5.32 Å². The van der Waals surface area contributed by atoms with E-state index in [-0.39, 0.29) is 5.96 Å². The molecular formula is C12H19N3O8. The molecule has 1 saturated heterocycles. The predicted octanol–water partition coefficient (Wildman–Crippen LogP) is -4.72. The highest BCUT2D eigenvalue weighted by Crippen LogP contribution is 2.55. The average molecular weight is 333 g/mol. The molecule has 0 spiro atoms. The van der Waals surface area contributed by atoms with Crippen molar-refractivity contribution in [2.24, 2.45) is 16.6 Å². The molecule has 11 heteroatoms. The third-order valence-electron chi connectivity index (χ3n) is 5.37. The number of nitrogens with zero attached hydrogens (tertiary/aromatic N) is 1. The van der Waals surface area contributed by atoms with Gasteiger partial charge in [0.1, 0.15) is 23.3 Å². The summed E-state index contributed by atoms with van der Waals surface area (Å²) in [6.45, 7) is 0.0874. The summed E-state index contributed by atoms with van der Waals surface area (Å²) in [5, 5.41) is 63.1. The molecule has 11 nitrogen and oxygen atoms in total. The van der Waals surface area contributed by atoms with Crippen LogP contribution in [0.2, 0.25) is 0 Å². The van der Waals surface area contributed by atoms with Gasteiger partial charge in [-0.15, -0.1) is 0 Å². The average Bonchev–Trinajstić information content (AvgIpc) is 2.66. The molecule has 9 N–H and O–H groups in total. The minimum absolute atomic E-state index is 0.232. The van der Waals surface area contributed by atoms with Crippen LogP contribution in [0, 0.1) is 5.92 Å². The first kappa shape index (κ1) is 16.4. The molecule has 0 aromatic heterocycles. The molecule has 0 aromatic rings. The summed E-state index contributed by atoms with van der Waals surface area (Å²) in [7, 11) is 0. The maximum absolute atomic E-state index is 11.8. The molecule has 2 fully saturated rings. The lowest BCUT2D eigenvalue weighted by molar-refractivity contribution is -0.262. The third kappa shape index (κ3) is 1.59. The molecule has 130 valence electrons. The van der Waals surface area contributed by atoms with Crippen LogP contribution in [0.4, 0.5) is 0 Å². The Morgan fingerprint density at radius 1 is 1.35 bits per heavy atom. The van der Waals surface area contributed by atoms with E-state index in [1.807, 2.05) is 0 Å². The van der Waals surface area contributed by atoms with Gasteiger partial charge in [-0.25, -0.2) is 9.79 Å². The number of aliphatic hydroxyl groups is 5. The Kier molecular flexibility index (Phi) is 3.22. The smallest absolute Gasteiger partial charge is 0.338 e. The fraction of sp³-hybridized carbons (Fsp3) is 0.833. The Hall–Kier alpha value is -1.50. The van der Waals surface area contributed by atoms with Crippen LogP contribution in [0.25, 0.3) is 0 Å². The van der Waals surface area contributed by atoms with Crippen LogP contribution in [0.3, 0.4) is 0 Å². The maximum Gasteiger partial charge on any atom is 0.338 e. The zero-order chi connectivity index (χ0) is 17.4. The van der Waals surface area contributed by atoms with Gasteiger partial charge in [0, 0.05) is 0 Å². The first-order valence-electron chi connectivity index (χ1n) is 6.96. The Morgan fingerprint density at radius 3 is 2.48 bits per heavy atom. The van der Waals surface area contributed by atoms with Crippen LogP contribution in [0.15, 0.2) is 4.99 Å². The third-order valence-corrected chi connectivity index (χ3v) is 5.37. The van der Waals surface area contributed by atoms with Gasteiger partial charge in [0.15, 0.2) is 17.8 Å². The molecule has 0 amide bonds. The fourth-order valence-corrected chi connectivity index (χ4v) is 4.03. The van der Waals surface area contributed by atoms with Crippen molar-refractivity contribution < 1.29 is 40.2 Å². The second kappa shape index (κ2) is 4.53. The van der Waals surface area contributed by atoms with Gasteiger partial charge in [-0.2, -0.15) is 0 Å². The van der Waals surface area contributed by atoms with Gasteiger partial charge in [-0.3, -0.25) is 0 Å². The number of rotatable bonds is 2. The lowest BCUT2D eigenvalue weighted by Gasteiger charge is -2.57. The van der Waals surface area contributed by atoms with Gasteiger partial charge in [0.05, 0.1) is 18.6 Å². The number of guanidine groups is 1. The molecule has 3 aliphatic rings. The van der Waals surface area contributed by atoms with E-state index in [2.05, 4.69) is 10.3 Å². The number of nitrogens with one attached hydrogen (secondary N) is 1. The quantitative estimate of drug-likeness (QED) is 0.243. The summed E-state index contributed by atoms with van der Waals surface area (Å²) >= 11 is 0. The molecule has 1 aliphatic carbocycles. The second-order valence-electron chi connectivity index (χ2n) is 6.36. The number of aliphatic carboxylic acids is 1. The molecule has 23 heavy (non-hydrogen) atoms. The zero-order valence-electron chi connectivity index (χ0n) is 12.1. The van der Waals surface area contributed by atoms with Gasteiger partial charge in [0.25, 0.3) is 0 Å². The van der Waals surface area contributed by atoms with E-state index in [1.54, 1.807) is 0 Å². The first-order valence-corrected chi connectivity index (χ1v) is 6.96. The lowest BCUT2D eigenvalue weighted by Crippen LogP contribution is -2.84. The van der Waals surface area contributed by atoms with Crippen molar-refractivity contribution in [2.45, 2.75) is 48.2 Å². The summed E-state index contributed by atoms with van der Waals surface area (Å²) in [5.74, 6) is -2.98. The molecule has 2 aliphatic heterocycles. The molecule has 8 atom stereocenters. The molecule has 1 saturated carbocycles. The van der Waals surface area contributed by atoms with E-state index in [9.17, 15) is 35.4 Å². The minimum atomic E-state index is -2.47. The van der Waals surface area contributed by atoms with Crippen LogP contribution in [-0.2, 0) is 9.53 Å². The van der Waals surface area contributed by atoms with E-state index in [0.717, 1.165) is 6.92 Å². The highest BCUT2D eigenvalue weighted by molar-refractivity contribution is 5.86. The number of nitrogens with two attached hydrogens (primary N) is 1. The van der Waals surface area contributed by atoms with E-state index < -0.39 is 59.8 Å². The van der Waals surface area contributed by atoms with Gasteiger partial charge < -0.3 is 46.4 Å². The predicted molar refractivity (Wildman–Crippen MR) is 71.9 cm³/mol. The summed E-state index contributed by atoms with van der Waals surface area (Å²) in [5.41, 5.74) is -0.913. The summed E-state index contributed by atoms with van der Waals surface area (Å²) in [6.07, 6.45) is -7.10. The summed E-state index contributed by atoms with van der Waals surface area (Å²) in [6, 6.07) is 0. The van der Waals surface area contributed by atoms with E-state index >= 15 is 0 Å². The number of aliphatic imine (C=N–C) groups is 1. The van der Waals surface area contributed by atoms with Crippen molar-refractivity contribution in [3.05, 3.63) is 0 Å². The van der Waals surface area contributed by atoms with E-state index in [0.29, 0.717) is 0 Å². The highest BCUT2D eigenvalue weighted by Gasteiger charge is 2.80. The minimum Gasteiger partial charge on any atom is -0.479 e. The van der Waals surface area contributed by atoms with Crippen molar-refractivity contribution in [3.63, 3.8) is 0 Å². The van der Waals surface area contributed by atoms with Crippen molar-refractivity contribution in [3.8, 4) is 0 Å². The topological polar surface area (TPSA) is 198 Å². The number of ether oxygens (including phenoxy) is 1. The van der Waals surface area contributed by atoms with Crippen molar-refractivity contribution >= 4 is 11.9 Å². The zero-order valence-corrected chi connectivity index (χ0v) is 12.1. The van der Waals surface area contributed by atoms with Crippen LogP contribution in [0.1, 0.15) is 6.92 Å². The van der Waals surface area contributed by atoms with Gasteiger partial charge >= 0.3 is 5.97 Å². The van der Waals surface area contributed by atoms with Crippen molar-refractivity contribution in [1.29, 1.82) is 0 Å². The van der Waals surface area contributed by atoms with Crippen LogP contribution in [-0.4, -0.2) is 90.5 Å². The Balaban J connectivity index is 2.24. The number of carboxylic acid groups (broad SMARTS) is 1. The number of carbonyl (C=O) groups is 1. The van der Waals surface area contributed by atoms with E-state index in [1.165, 1.54) is 0 Å². The first-order chi connectivity index (χ1) is 10.6. The Morgan fingerprint density at radius 2 is 1.96 bits per heavy atom. The molecule has 0 radical (unpaired) electrons. The number of hydrogen-bond donors (Lipinski definition) is 8. The fourth-order valence-electron chi connectivity index (χ4n) is 4.03. The largest absolute Gasteiger partial charge is 0.479 e. The normalized spacial score (nSPS) is 54.9. The summed E-state index contributed by atoms with van der Waals surface area (Å²) < 4.78 is 5.42. The highest BCUT2D eigenvalue weighted by atomic mass is 16.6. The second-order valence-corrected chi connectivity index (χ2v) is 6.36. The van der Waals surface area contributed by atoms with Crippen LogP contribution >= 0.6 is 0 Å². The monoisotopic (exact) mass is 333 g/mol. The van der Waals surface area contributed by atoms with Gasteiger partial charge in [0.2, 0.25) is 0 Å². The van der Waals surface area contributed by atoms with Crippen LogP contribution in [0.5, 0.6) is 0 Å². The molecule has 0 aromatic carbocycles. The van der Waals surface area contributed by atoms with Gasteiger partial charge in [-0.1, -0.05) is 0 Å². The molecular weight excluding hydrogens is 314 g/mol. The molecule has 2 heterocycles. The molecule has 8 unspecified atom stereocenters. The summed E-state index contributed by atoms with van der Waals surface area (Å²) in [4.78, 5) is 15.6. The standard InChI is InChI=1S/C12H19N3O8/c1-10(8(20)21)12-3(7(23-10)14-9(13)15-12)4(17)11(22,2-16)5(18)6(12)19/h3-7,16-19,22H,2H2,1H3,(H,20,21)(H3,13,14,15). The number of carboxylic acids is 1.